The van der Waals surface area contributed by atoms with Crippen LogP contribution in [0.5, 0.6) is 5.75 Å². The van der Waals surface area contributed by atoms with Crippen LogP contribution in [-0.4, -0.2) is 25.0 Å². The molecule has 4 rings (SSSR count). The van der Waals surface area contributed by atoms with Crippen LogP contribution in [0, 0.1) is 17.2 Å². The fourth-order valence-electron chi connectivity index (χ4n) is 4.06. The topological polar surface area (TPSA) is 58.6 Å². The number of ether oxygens (including phenoxy) is 1. The second-order valence-corrected chi connectivity index (χ2v) is 9.71. The number of carbonyl (C=O) groups excluding carboxylic acids is 2. The molecule has 31 heavy (non-hydrogen) atoms. The highest BCUT2D eigenvalue weighted by Gasteiger charge is 2.51. The molecule has 1 aliphatic carbocycles. The number of halogens is 1. The minimum absolute atomic E-state index is 0.00778. The Morgan fingerprint density at radius 3 is 2.45 bits per heavy atom. The molecule has 2 aliphatic rings. The van der Waals surface area contributed by atoms with Gasteiger partial charge in [-0.2, -0.15) is 0 Å². The Morgan fingerprint density at radius 1 is 1.16 bits per heavy atom. The van der Waals surface area contributed by atoms with Gasteiger partial charge in [0.15, 0.2) is 0 Å². The number of nitrogens with one attached hydrogen (secondary N) is 1. The van der Waals surface area contributed by atoms with E-state index in [0.29, 0.717) is 30.3 Å². The molecule has 0 aromatic heterocycles. The molecule has 2 aromatic rings. The monoisotopic (exact) mass is 424 g/mol. The molecule has 0 unspecified atom stereocenters. The summed E-state index contributed by atoms with van der Waals surface area (Å²) in [6.45, 7) is 8.77. The second kappa shape index (κ2) is 7.66. The Balaban J connectivity index is 1.62. The molecule has 0 saturated heterocycles. The molecule has 0 bridgehead atoms. The Bertz CT molecular complexity index is 1010. The summed E-state index contributed by atoms with van der Waals surface area (Å²) in [5.74, 6) is 0.488. The summed E-state index contributed by atoms with van der Waals surface area (Å²) in [5.41, 5.74) is 0.850. The van der Waals surface area contributed by atoms with Crippen molar-refractivity contribution in [2.75, 3.05) is 23.4 Å². The first-order valence-corrected chi connectivity index (χ1v) is 10.8. The summed E-state index contributed by atoms with van der Waals surface area (Å²) in [6, 6.07) is 11.6. The number of hydrogen-bond acceptors (Lipinski definition) is 3. The van der Waals surface area contributed by atoms with Gasteiger partial charge in [-0.25, -0.2) is 4.39 Å². The van der Waals surface area contributed by atoms with E-state index in [9.17, 15) is 14.0 Å². The Labute approximate surface area is 182 Å². The van der Waals surface area contributed by atoms with Gasteiger partial charge >= 0.3 is 0 Å². The zero-order valence-electron chi connectivity index (χ0n) is 18.5. The van der Waals surface area contributed by atoms with Gasteiger partial charge in [0.25, 0.3) is 0 Å². The maximum atomic E-state index is 13.3. The van der Waals surface area contributed by atoms with Crippen molar-refractivity contribution < 1.29 is 18.7 Å². The highest BCUT2D eigenvalue weighted by atomic mass is 19.1. The molecular formula is C25H29FN2O3. The molecule has 0 radical (unpaired) electrons. The standard InChI is InChI=1S/C25H29FN2O3/c1-16(2)14-28-20-13-19(9-10-21(20)31-15-24(3,4)23(28)30)27-22(29)25(11-12-25)17-5-7-18(26)8-6-17/h5-10,13,16H,11-12,14-15H2,1-4H3,(H,27,29). The average molecular weight is 425 g/mol. The molecule has 2 aromatic carbocycles. The van der Waals surface area contributed by atoms with E-state index in [1.54, 1.807) is 23.1 Å². The molecule has 164 valence electrons. The molecule has 2 amide bonds. The van der Waals surface area contributed by atoms with Crippen LogP contribution < -0.4 is 15.0 Å². The van der Waals surface area contributed by atoms with Crippen LogP contribution in [0.2, 0.25) is 0 Å². The number of nitrogens with zero attached hydrogens (tertiary/aromatic N) is 1. The van der Waals surface area contributed by atoms with E-state index >= 15 is 0 Å². The third-order valence-electron chi connectivity index (χ3n) is 6.05. The van der Waals surface area contributed by atoms with Crippen molar-refractivity contribution in [1.82, 2.24) is 0 Å². The third kappa shape index (κ3) is 4.03. The summed E-state index contributed by atoms with van der Waals surface area (Å²) < 4.78 is 19.3. The van der Waals surface area contributed by atoms with Gasteiger partial charge < -0.3 is 15.0 Å². The summed E-state index contributed by atoms with van der Waals surface area (Å²) >= 11 is 0. The molecule has 1 N–H and O–H groups in total. The molecule has 0 spiro atoms. The minimum atomic E-state index is -0.641. The van der Waals surface area contributed by atoms with Gasteiger partial charge in [0.2, 0.25) is 11.8 Å². The number of rotatable bonds is 5. The SMILES string of the molecule is CC(C)CN1C(=O)C(C)(C)COc2ccc(NC(=O)C3(c4ccc(F)cc4)CC3)cc21. The smallest absolute Gasteiger partial charge is 0.236 e. The van der Waals surface area contributed by atoms with Crippen molar-refractivity contribution in [3.8, 4) is 5.75 Å². The summed E-state index contributed by atoms with van der Waals surface area (Å²) in [6.07, 6.45) is 1.45. The van der Waals surface area contributed by atoms with Gasteiger partial charge in [-0.1, -0.05) is 26.0 Å². The van der Waals surface area contributed by atoms with Gasteiger partial charge in [-0.05, 0) is 68.5 Å². The van der Waals surface area contributed by atoms with Crippen LogP contribution in [0.15, 0.2) is 42.5 Å². The van der Waals surface area contributed by atoms with Crippen LogP contribution in [0.25, 0.3) is 0 Å². The second-order valence-electron chi connectivity index (χ2n) is 9.71. The van der Waals surface area contributed by atoms with Gasteiger partial charge in [0, 0.05) is 12.2 Å². The lowest BCUT2D eigenvalue weighted by Crippen LogP contribution is -2.43. The van der Waals surface area contributed by atoms with Crippen LogP contribution in [0.3, 0.4) is 0 Å². The highest BCUT2D eigenvalue weighted by molar-refractivity contribution is 6.03. The Morgan fingerprint density at radius 2 is 1.84 bits per heavy atom. The van der Waals surface area contributed by atoms with Crippen LogP contribution >= 0.6 is 0 Å². The van der Waals surface area contributed by atoms with E-state index in [1.807, 2.05) is 26.0 Å². The maximum absolute atomic E-state index is 13.3. The molecule has 1 heterocycles. The number of benzene rings is 2. The van der Waals surface area contributed by atoms with Gasteiger partial charge in [-0.15, -0.1) is 0 Å². The first-order valence-electron chi connectivity index (χ1n) is 10.8. The van der Waals surface area contributed by atoms with Crippen LogP contribution in [0.1, 0.15) is 46.1 Å². The summed E-state index contributed by atoms with van der Waals surface area (Å²) in [5, 5.41) is 3.01. The lowest BCUT2D eigenvalue weighted by Gasteiger charge is -2.29. The molecule has 6 heteroatoms. The van der Waals surface area contributed by atoms with Crippen molar-refractivity contribution in [1.29, 1.82) is 0 Å². The van der Waals surface area contributed by atoms with Crippen molar-refractivity contribution in [2.24, 2.45) is 11.3 Å². The fourth-order valence-corrected chi connectivity index (χ4v) is 4.06. The fraction of sp³-hybridized carbons (Fsp3) is 0.440. The van der Waals surface area contributed by atoms with Gasteiger partial charge in [-0.3, -0.25) is 9.59 Å². The van der Waals surface area contributed by atoms with E-state index in [0.717, 1.165) is 18.4 Å². The van der Waals surface area contributed by atoms with Crippen LogP contribution in [-0.2, 0) is 15.0 Å². The maximum Gasteiger partial charge on any atom is 0.236 e. The summed E-state index contributed by atoms with van der Waals surface area (Å²) in [4.78, 5) is 28.1. The first kappa shape index (κ1) is 21.3. The predicted molar refractivity (Wildman–Crippen MR) is 119 cm³/mol. The zero-order valence-corrected chi connectivity index (χ0v) is 18.5. The molecule has 0 atom stereocenters. The third-order valence-corrected chi connectivity index (χ3v) is 6.05. The largest absolute Gasteiger partial charge is 0.490 e. The first-order chi connectivity index (χ1) is 14.6. The van der Waals surface area contributed by atoms with E-state index < -0.39 is 10.8 Å². The number of amides is 2. The molecule has 1 fully saturated rings. The van der Waals surface area contributed by atoms with E-state index in [1.165, 1.54) is 12.1 Å². The van der Waals surface area contributed by atoms with Gasteiger partial charge in [0.05, 0.1) is 16.5 Å². The van der Waals surface area contributed by atoms with E-state index in [2.05, 4.69) is 19.2 Å². The number of carbonyl (C=O) groups is 2. The van der Waals surface area contributed by atoms with Crippen molar-refractivity contribution in [3.05, 3.63) is 53.8 Å². The molecule has 1 aliphatic heterocycles. The van der Waals surface area contributed by atoms with Crippen molar-refractivity contribution in [3.63, 3.8) is 0 Å². The Hall–Kier alpha value is -2.89. The highest BCUT2D eigenvalue weighted by Crippen LogP contribution is 2.49. The Kier molecular flexibility index (Phi) is 5.28. The minimum Gasteiger partial charge on any atom is -0.490 e. The lowest BCUT2D eigenvalue weighted by molar-refractivity contribution is -0.127. The number of fused-ring (bicyclic) bond motifs is 1. The molecular weight excluding hydrogens is 395 g/mol. The van der Waals surface area contributed by atoms with Crippen molar-refractivity contribution in [2.45, 2.75) is 46.0 Å². The average Bonchev–Trinajstić information content (AvgIpc) is 3.53. The quantitative estimate of drug-likeness (QED) is 0.742. The zero-order chi connectivity index (χ0) is 22.4. The molecule has 1 saturated carbocycles. The van der Waals surface area contributed by atoms with Gasteiger partial charge in [0.1, 0.15) is 18.2 Å². The lowest BCUT2D eigenvalue weighted by atomic mass is 9.92. The predicted octanol–water partition coefficient (Wildman–Crippen LogP) is 4.90. The van der Waals surface area contributed by atoms with Crippen LogP contribution in [0.4, 0.5) is 15.8 Å². The van der Waals surface area contributed by atoms with Crippen molar-refractivity contribution >= 4 is 23.2 Å². The van der Waals surface area contributed by atoms with E-state index in [4.69, 9.17) is 4.74 Å². The normalized spacial score (nSPS) is 18.8. The molecule has 5 nitrogen and oxygen atoms in total. The number of hydrogen-bond donors (Lipinski definition) is 1. The summed E-state index contributed by atoms with van der Waals surface area (Å²) in [7, 11) is 0. The number of anilines is 2. The van der Waals surface area contributed by atoms with E-state index in [-0.39, 0.29) is 23.5 Å².